The van der Waals surface area contributed by atoms with E-state index in [2.05, 4.69) is 220 Å². The summed E-state index contributed by atoms with van der Waals surface area (Å²) in [6, 6.07) is 76.7. The number of nitrogens with zero attached hydrogens (tertiary/aromatic N) is 3. The summed E-state index contributed by atoms with van der Waals surface area (Å²) >= 11 is 0. The van der Waals surface area contributed by atoms with Crippen molar-refractivity contribution in [3.05, 3.63) is 212 Å². The molecule has 0 fully saturated rings. The highest BCUT2D eigenvalue weighted by Crippen LogP contribution is 2.42. The van der Waals surface area contributed by atoms with Crippen molar-refractivity contribution in [1.29, 1.82) is 0 Å². The molecule has 0 bridgehead atoms. The summed E-state index contributed by atoms with van der Waals surface area (Å²) in [4.78, 5) is 0. The van der Waals surface area contributed by atoms with E-state index in [4.69, 9.17) is 4.42 Å². The summed E-state index contributed by atoms with van der Waals surface area (Å²) in [6.45, 7) is 0. The van der Waals surface area contributed by atoms with E-state index in [1.54, 1.807) is 0 Å². The molecule has 0 unspecified atom stereocenters. The first-order valence-electron chi connectivity index (χ1n) is 20.5. The molecular formula is C56H35N3O. The molecule has 0 aliphatic carbocycles. The van der Waals surface area contributed by atoms with E-state index in [-0.39, 0.29) is 0 Å². The van der Waals surface area contributed by atoms with E-state index in [0.717, 1.165) is 55.8 Å². The van der Waals surface area contributed by atoms with Crippen molar-refractivity contribution in [3.63, 3.8) is 0 Å². The van der Waals surface area contributed by atoms with Crippen molar-refractivity contribution in [2.24, 2.45) is 0 Å². The number of hydrogen-bond donors (Lipinski definition) is 0. The third-order valence-corrected chi connectivity index (χ3v) is 12.4. The number of furan rings is 1. The van der Waals surface area contributed by atoms with Crippen LogP contribution in [-0.4, -0.2) is 13.7 Å². The molecule has 0 amide bonds. The van der Waals surface area contributed by atoms with Gasteiger partial charge in [0.25, 0.3) is 0 Å². The van der Waals surface area contributed by atoms with Crippen LogP contribution in [0.2, 0.25) is 0 Å². The molecule has 13 rings (SSSR count). The van der Waals surface area contributed by atoms with Gasteiger partial charge in [-0.25, -0.2) is 0 Å². The van der Waals surface area contributed by atoms with Crippen LogP contribution in [-0.2, 0) is 0 Å². The van der Waals surface area contributed by atoms with Gasteiger partial charge in [-0.15, -0.1) is 0 Å². The molecule has 0 aliphatic rings. The smallest absolute Gasteiger partial charge is 0.213 e. The molecule has 13 aromatic rings. The Morgan fingerprint density at radius 2 is 0.783 bits per heavy atom. The Morgan fingerprint density at radius 1 is 0.267 bits per heavy atom. The summed E-state index contributed by atoms with van der Waals surface area (Å²) in [5.74, 6) is 0. The lowest BCUT2D eigenvalue weighted by Crippen LogP contribution is -1.96. The van der Waals surface area contributed by atoms with E-state index in [9.17, 15) is 0 Å². The van der Waals surface area contributed by atoms with Gasteiger partial charge in [0.2, 0.25) is 5.71 Å². The Balaban J connectivity index is 0.932. The molecule has 9 aromatic carbocycles. The minimum Gasteiger partial charge on any atom is -0.439 e. The summed E-state index contributed by atoms with van der Waals surface area (Å²) in [5.41, 5.74) is 15.7. The minimum absolute atomic E-state index is 0.869. The van der Waals surface area contributed by atoms with Crippen molar-refractivity contribution < 1.29 is 4.42 Å². The topological polar surface area (TPSA) is 27.9 Å². The minimum atomic E-state index is 0.869. The predicted octanol–water partition coefficient (Wildman–Crippen LogP) is 15.1. The molecular weight excluding hydrogens is 731 g/mol. The van der Waals surface area contributed by atoms with Gasteiger partial charge < -0.3 is 13.6 Å². The second kappa shape index (κ2) is 12.7. The average Bonchev–Trinajstić information content (AvgIpc) is 4.05. The lowest BCUT2D eigenvalue weighted by molar-refractivity contribution is 0.645. The SMILES string of the molecule is c1ccc(-n2c3cc(-c4cccc(-c5cccc(-n6c7ccccc7c7cc(-n8c9ccccc9c9ccccc98)ccc76)c5)c4)ccc3c3c4ccccc4oc32)cc1. The fourth-order valence-electron chi connectivity index (χ4n) is 9.78. The molecule has 4 heteroatoms. The first kappa shape index (κ1) is 32.9. The highest BCUT2D eigenvalue weighted by Gasteiger charge is 2.21. The van der Waals surface area contributed by atoms with Crippen LogP contribution in [0.5, 0.6) is 0 Å². The van der Waals surface area contributed by atoms with E-state index in [1.807, 2.05) is 6.07 Å². The van der Waals surface area contributed by atoms with Crippen LogP contribution in [0.3, 0.4) is 0 Å². The lowest BCUT2D eigenvalue weighted by Gasteiger charge is -2.12. The summed E-state index contributed by atoms with van der Waals surface area (Å²) in [7, 11) is 0. The zero-order valence-electron chi connectivity index (χ0n) is 32.5. The first-order valence-corrected chi connectivity index (χ1v) is 20.5. The molecule has 4 nitrogen and oxygen atoms in total. The van der Waals surface area contributed by atoms with Crippen molar-refractivity contribution in [2.75, 3.05) is 0 Å². The number of hydrogen-bond acceptors (Lipinski definition) is 1. The largest absolute Gasteiger partial charge is 0.439 e. The highest BCUT2D eigenvalue weighted by molar-refractivity contribution is 6.20. The summed E-state index contributed by atoms with van der Waals surface area (Å²) in [6.07, 6.45) is 0. The maximum Gasteiger partial charge on any atom is 0.213 e. The number of rotatable bonds is 5. The third-order valence-electron chi connectivity index (χ3n) is 12.4. The van der Waals surface area contributed by atoms with Crippen LogP contribution >= 0.6 is 0 Å². The molecule has 4 heterocycles. The maximum atomic E-state index is 6.55. The van der Waals surface area contributed by atoms with Gasteiger partial charge in [0.05, 0.1) is 33.0 Å². The van der Waals surface area contributed by atoms with Crippen LogP contribution in [0.25, 0.3) is 116 Å². The Labute approximate surface area is 345 Å². The molecule has 0 N–H and O–H groups in total. The predicted molar refractivity (Wildman–Crippen MR) is 250 cm³/mol. The van der Waals surface area contributed by atoms with Crippen molar-refractivity contribution in [2.45, 2.75) is 0 Å². The van der Waals surface area contributed by atoms with E-state index < -0.39 is 0 Å². The standard InChI is InChI=1S/C56H35N3O/c1-2-17-40(18-3-1)59-53-34-39(28-30-46(53)55-47-23-7-11-27-54(47)60-56(55)59)37-15-12-14-36(32-37)38-16-13-19-41(33-38)57-51-26-10-6-22-45(51)48-35-42(29-31-52(48)57)58-49-24-8-4-20-43(49)44-21-5-9-25-50(44)58/h1-35H. The van der Waals surface area contributed by atoms with Gasteiger partial charge in [-0.2, -0.15) is 0 Å². The summed E-state index contributed by atoms with van der Waals surface area (Å²) in [5, 5.41) is 8.46. The monoisotopic (exact) mass is 765 g/mol. The van der Waals surface area contributed by atoms with Gasteiger partial charge >= 0.3 is 0 Å². The van der Waals surface area contributed by atoms with Gasteiger partial charge in [-0.05, 0) is 101 Å². The molecule has 0 aliphatic heterocycles. The highest BCUT2D eigenvalue weighted by atomic mass is 16.3. The third kappa shape index (κ3) is 4.79. The fourth-order valence-corrected chi connectivity index (χ4v) is 9.78. The van der Waals surface area contributed by atoms with E-state index in [0.29, 0.717) is 0 Å². The van der Waals surface area contributed by atoms with E-state index >= 15 is 0 Å². The molecule has 0 spiro atoms. The quantitative estimate of drug-likeness (QED) is 0.171. The van der Waals surface area contributed by atoms with E-state index in [1.165, 1.54) is 60.1 Å². The number of fused-ring (bicyclic) bond motifs is 11. The Kier molecular flexibility index (Phi) is 6.98. The molecule has 280 valence electrons. The van der Waals surface area contributed by atoms with Crippen LogP contribution < -0.4 is 0 Å². The second-order valence-corrected chi connectivity index (χ2v) is 15.7. The van der Waals surface area contributed by atoms with Crippen LogP contribution in [0.4, 0.5) is 0 Å². The van der Waals surface area contributed by atoms with Gasteiger partial charge in [-0.1, -0.05) is 133 Å². The summed E-state index contributed by atoms with van der Waals surface area (Å²) < 4.78 is 13.6. The second-order valence-electron chi connectivity index (χ2n) is 15.7. The van der Waals surface area contributed by atoms with Crippen molar-refractivity contribution >= 4 is 76.6 Å². The zero-order chi connectivity index (χ0) is 39.3. The number of para-hydroxylation sites is 5. The first-order chi connectivity index (χ1) is 29.8. The van der Waals surface area contributed by atoms with Gasteiger partial charge in [0.1, 0.15) is 5.58 Å². The lowest BCUT2D eigenvalue weighted by atomic mass is 9.98. The zero-order valence-corrected chi connectivity index (χ0v) is 32.5. The average molecular weight is 766 g/mol. The Morgan fingerprint density at radius 3 is 1.48 bits per heavy atom. The molecule has 0 saturated heterocycles. The van der Waals surface area contributed by atoms with Crippen LogP contribution in [0, 0.1) is 0 Å². The molecule has 0 saturated carbocycles. The normalized spacial score (nSPS) is 12.0. The van der Waals surface area contributed by atoms with Gasteiger partial charge in [-0.3, -0.25) is 4.57 Å². The van der Waals surface area contributed by atoms with Gasteiger partial charge in [0.15, 0.2) is 0 Å². The van der Waals surface area contributed by atoms with Crippen LogP contribution in [0.15, 0.2) is 217 Å². The number of aromatic nitrogens is 3. The number of benzene rings is 9. The molecule has 60 heavy (non-hydrogen) atoms. The van der Waals surface area contributed by atoms with Crippen molar-refractivity contribution in [1.82, 2.24) is 13.7 Å². The Bertz CT molecular complexity index is 3790. The van der Waals surface area contributed by atoms with Gasteiger partial charge in [0, 0.05) is 49.4 Å². The molecule has 4 aromatic heterocycles. The maximum absolute atomic E-state index is 6.55. The molecule has 0 atom stereocenters. The Hall–Kier alpha value is -8.08. The van der Waals surface area contributed by atoms with Crippen LogP contribution in [0.1, 0.15) is 0 Å². The van der Waals surface area contributed by atoms with Crippen molar-refractivity contribution in [3.8, 4) is 39.3 Å². The fraction of sp³-hybridized carbons (Fsp3) is 0. The molecule has 0 radical (unpaired) electrons.